The van der Waals surface area contributed by atoms with Crippen molar-refractivity contribution in [2.45, 2.75) is 12.4 Å². The minimum Gasteiger partial charge on any atom is -0.488 e. The highest BCUT2D eigenvalue weighted by Gasteiger charge is 2.25. The van der Waals surface area contributed by atoms with Gasteiger partial charge < -0.3 is 10.5 Å². The van der Waals surface area contributed by atoms with Gasteiger partial charge in [0.2, 0.25) is 11.6 Å². The van der Waals surface area contributed by atoms with Crippen LogP contribution in [0.5, 0.6) is 5.75 Å². The molecular weight excluding hydrogens is 598 g/mol. The summed E-state index contributed by atoms with van der Waals surface area (Å²) in [7, 11) is 0. The minimum absolute atomic E-state index is 0.0145. The Hall–Kier alpha value is -4.40. The van der Waals surface area contributed by atoms with Crippen LogP contribution in [0.2, 0.25) is 5.02 Å². The number of hydrogen-bond donors (Lipinski definition) is 2. The molecule has 0 fully saturated rings. The molecule has 0 radical (unpaired) electrons. The zero-order chi connectivity index (χ0) is 28.9. The number of nitrogens with two attached hydrogens (primary N) is 1. The molecule has 0 unspecified atom stereocenters. The van der Waals surface area contributed by atoms with Crippen molar-refractivity contribution in [1.82, 2.24) is 30.7 Å². The lowest BCUT2D eigenvalue weighted by Gasteiger charge is -2.11. The van der Waals surface area contributed by atoms with Crippen LogP contribution in [0.1, 0.15) is 27.3 Å². The number of benzene rings is 3. The summed E-state index contributed by atoms with van der Waals surface area (Å²) < 4.78 is 13.1. The molecule has 0 bridgehead atoms. The largest absolute Gasteiger partial charge is 0.488 e. The number of carbonyl (C=O) groups is 1. The molecule has 3 heterocycles. The van der Waals surface area contributed by atoms with Gasteiger partial charge in [0.05, 0.1) is 18.5 Å². The van der Waals surface area contributed by atoms with Crippen molar-refractivity contribution >= 4 is 68.2 Å². The third-order valence-corrected chi connectivity index (χ3v) is 8.67. The number of thioether (sulfide) groups is 2. The Bertz CT molecular complexity index is 1820. The number of hydrazone groups is 1. The number of aliphatic imine (C=N–C) groups is 1. The molecule has 42 heavy (non-hydrogen) atoms. The fourth-order valence-electron chi connectivity index (χ4n) is 4.19. The van der Waals surface area contributed by atoms with E-state index in [-0.39, 0.29) is 17.3 Å². The number of halogens is 1. The third kappa shape index (κ3) is 6.10. The number of nitrogens with zero attached hydrogens (tertiary/aromatic N) is 7. The van der Waals surface area contributed by atoms with E-state index in [1.807, 2.05) is 24.3 Å². The summed E-state index contributed by atoms with van der Waals surface area (Å²) >= 11 is 9.36. The van der Waals surface area contributed by atoms with Crippen molar-refractivity contribution in [2.24, 2.45) is 10.1 Å². The third-order valence-electron chi connectivity index (χ3n) is 6.17. The molecule has 3 aromatic carbocycles. The first-order valence-electron chi connectivity index (χ1n) is 12.6. The van der Waals surface area contributed by atoms with Crippen molar-refractivity contribution in [3.63, 3.8) is 0 Å². The summed E-state index contributed by atoms with van der Waals surface area (Å²) in [5.41, 5.74) is 10.5. The molecule has 6 rings (SSSR count). The molecule has 0 atom stereocenters. The first-order chi connectivity index (χ1) is 20.6. The zero-order valence-corrected chi connectivity index (χ0v) is 24.2. The lowest BCUT2D eigenvalue weighted by atomic mass is 10.1. The van der Waals surface area contributed by atoms with Gasteiger partial charge in [-0.05, 0) is 44.8 Å². The van der Waals surface area contributed by atoms with Crippen molar-refractivity contribution in [3.8, 4) is 11.6 Å². The SMILES string of the molecule is Nc1nonc1-n1nnc(C(=O)N/N=C/c2cc(Cl)ccc2OCc2cccc3ccccc23)c1CSC1=NCCS1. The predicted molar refractivity (Wildman–Crippen MR) is 164 cm³/mol. The summed E-state index contributed by atoms with van der Waals surface area (Å²) in [5, 5.41) is 22.4. The molecule has 0 spiro atoms. The quantitative estimate of drug-likeness (QED) is 0.175. The van der Waals surface area contributed by atoms with Gasteiger partial charge in [0.1, 0.15) is 16.7 Å². The van der Waals surface area contributed by atoms with E-state index in [0.717, 1.165) is 33.0 Å². The Labute approximate surface area is 252 Å². The first-order valence-corrected chi connectivity index (χ1v) is 15.0. The van der Waals surface area contributed by atoms with E-state index in [1.165, 1.54) is 22.7 Å². The van der Waals surface area contributed by atoms with Crippen molar-refractivity contribution in [3.05, 3.63) is 88.2 Å². The average molecular weight is 620 g/mol. The summed E-state index contributed by atoms with van der Waals surface area (Å²) in [6, 6.07) is 19.4. The summed E-state index contributed by atoms with van der Waals surface area (Å²) in [4.78, 5) is 17.6. The number of ether oxygens (including phenoxy) is 1. The maximum atomic E-state index is 13.2. The number of rotatable bonds is 9. The average Bonchev–Trinajstić information content (AvgIpc) is 3.77. The van der Waals surface area contributed by atoms with Gasteiger partial charge in [-0.15, -0.1) is 5.10 Å². The summed E-state index contributed by atoms with van der Waals surface area (Å²) in [6.07, 6.45) is 1.46. The van der Waals surface area contributed by atoms with Crippen LogP contribution in [0.3, 0.4) is 0 Å². The van der Waals surface area contributed by atoms with E-state index in [4.69, 9.17) is 26.7 Å². The van der Waals surface area contributed by atoms with Crippen LogP contribution in [0.15, 0.2) is 75.4 Å². The molecule has 1 aliphatic heterocycles. The van der Waals surface area contributed by atoms with Crippen LogP contribution in [0, 0.1) is 0 Å². The molecule has 12 nitrogen and oxygen atoms in total. The molecule has 5 aromatic rings. The maximum absolute atomic E-state index is 13.2. The first kappa shape index (κ1) is 27.8. The fraction of sp³-hybridized carbons (Fsp3) is 0.148. The van der Waals surface area contributed by atoms with Crippen molar-refractivity contribution in [1.29, 1.82) is 0 Å². The normalized spacial score (nSPS) is 13.1. The number of carbonyl (C=O) groups excluding carboxylic acids is 1. The maximum Gasteiger partial charge on any atom is 0.293 e. The van der Waals surface area contributed by atoms with Crippen LogP contribution in [-0.4, -0.2) is 54.1 Å². The van der Waals surface area contributed by atoms with Crippen molar-refractivity contribution in [2.75, 3.05) is 18.0 Å². The van der Waals surface area contributed by atoms with Gasteiger partial charge in [-0.1, -0.05) is 82.8 Å². The standard InChI is InChI=1S/C27H22ClN9O3S2/c28-19-8-9-22(39-14-17-6-3-5-16-4-1-2-7-20(16)17)18(12-19)13-31-33-26(38)23-21(15-42-27-30-10-11-41-27)37(36-32-23)25-24(29)34-40-35-25/h1-9,12-13H,10-11,14-15H2,(H2,29,34)(H,33,38)/b31-13+. The van der Waals surface area contributed by atoms with Crippen LogP contribution in [0.25, 0.3) is 16.6 Å². The zero-order valence-electron chi connectivity index (χ0n) is 21.8. The molecular formula is C27H22ClN9O3S2. The lowest BCUT2D eigenvalue weighted by molar-refractivity contribution is 0.0949. The Morgan fingerprint density at radius 1 is 1.21 bits per heavy atom. The molecule has 15 heteroatoms. The van der Waals surface area contributed by atoms with Crippen LogP contribution in [0.4, 0.5) is 5.82 Å². The van der Waals surface area contributed by atoms with Crippen LogP contribution < -0.4 is 15.9 Å². The number of nitrogen functional groups attached to an aromatic ring is 1. The number of hydrogen-bond acceptors (Lipinski definition) is 12. The van der Waals surface area contributed by atoms with E-state index in [2.05, 4.69) is 54.3 Å². The van der Waals surface area contributed by atoms with Gasteiger partial charge in [0.15, 0.2) is 5.69 Å². The highest BCUT2D eigenvalue weighted by molar-refractivity contribution is 8.38. The molecule has 3 N–H and O–H groups in total. The number of amides is 1. The Morgan fingerprint density at radius 2 is 2.10 bits per heavy atom. The highest BCUT2D eigenvalue weighted by Crippen LogP contribution is 2.28. The van der Waals surface area contributed by atoms with Gasteiger partial charge in [-0.25, -0.2) is 10.1 Å². The topological polar surface area (TPSA) is 159 Å². The summed E-state index contributed by atoms with van der Waals surface area (Å²) in [5.74, 6) is 1.37. The number of fused-ring (bicyclic) bond motifs is 1. The molecule has 212 valence electrons. The van der Waals surface area contributed by atoms with E-state index in [1.54, 1.807) is 30.0 Å². The highest BCUT2D eigenvalue weighted by atomic mass is 35.5. The minimum atomic E-state index is -0.579. The van der Waals surface area contributed by atoms with E-state index in [9.17, 15) is 4.79 Å². The van der Waals surface area contributed by atoms with Crippen molar-refractivity contribution < 1.29 is 14.2 Å². The molecule has 1 aliphatic rings. The van der Waals surface area contributed by atoms with Crippen LogP contribution >= 0.6 is 35.1 Å². The number of anilines is 1. The fourth-order valence-corrected chi connectivity index (χ4v) is 6.37. The van der Waals surface area contributed by atoms with Gasteiger partial charge in [0, 0.05) is 22.1 Å². The Morgan fingerprint density at radius 3 is 2.93 bits per heavy atom. The van der Waals surface area contributed by atoms with E-state index < -0.39 is 5.91 Å². The molecule has 1 amide bonds. The number of nitrogens with one attached hydrogen (secondary N) is 1. The lowest BCUT2D eigenvalue weighted by Crippen LogP contribution is -2.20. The Balaban J connectivity index is 1.19. The second-order valence-corrected chi connectivity index (χ2v) is 11.6. The van der Waals surface area contributed by atoms with E-state index >= 15 is 0 Å². The van der Waals surface area contributed by atoms with E-state index in [0.29, 0.717) is 34.4 Å². The predicted octanol–water partition coefficient (Wildman–Crippen LogP) is 4.72. The molecule has 0 saturated heterocycles. The van der Waals surface area contributed by atoms with Gasteiger partial charge in [-0.2, -0.15) is 9.78 Å². The van der Waals surface area contributed by atoms with Gasteiger partial charge in [-0.3, -0.25) is 9.79 Å². The van der Waals surface area contributed by atoms with Gasteiger partial charge in [0.25, 0.3) is 5.91 Å². The van der Waals surface area contributed by atoms with Crippen LogP contribution in [-0.2, 0) is 12.4 Å². The second-order valence-electron chi connectivity index (χ2n) is 8.86. The smallest absolute Gasteiger partial charge is 0.293 e. The second kappa shape index (κ2) is 12.6. The number of aromatic nitrogens is 5. The molecule has 0 saturated carbocycles. The molecule has 2 aromatic heterocycles. The Kier molecular flexibility index (Phi) is 8.35. The molecule has 0 aliphatic carbocycles. The summed E-state index contributed by atoms with van der Waals surface area (Å²) in [6.45, 7) is 1.09. The van der Waals surface area contributed by atoms with Gasteiger partial charge >= 0.3 is 0 Å². The monoisotopic (exact) mass is 619 g/mol.